The molecule has 5 aliphatic carbocycles. The Morgan fingerprint density at radius 1 is 0.902 bits per heavy atom. The van der Waals surface area contributed by atoms with Crippen LogP contribution in [0.4, 0.5) is 0 Å². The van der Waals surface area contributed by atoms with Crippen LogP contribution in [0.2, 0.25) is 0 Å². The quantitative estimate of drug-likeness (QED) is 0.261. The first-order valence-electron chi connectivity index (χ1n) is 20.2. The van der Waals surface area contributed by atoms with E-state index in [1.807, 2.05) is 12.1 Å². The van der Waals surface area contributed by atoms with Gasteiger partial charge in [-0.3, -0.25) is 0 Å². The van der Waals surface area contributed by atoms with Crippen LogP contribution < -0.4 is 5.32 Å². The summed E-state index contributed by atoms with van der Waals surface area (Å²) in [4.78, 5) is 14.1. The lowest BCUT2D eigenvalue weighted by Crippen LogP contribution is -2.68. The summed E-state index contributed by atoms with van der Waals surface area (Å²) in [5, 5.41) is 13.6. The van der Waals surface area contributed by atoms with Gasteiger partial charge in [0.2, 0.25) is 0 Å². The fourth-order valence-corrected chi connectivity index (χ4v) is 15.4. The number of benzene rings is 1. The summed E-state index contributed by atoms with van der Waals surface area (Å²) < 4.78 is 24.3. The van der Waals surface area contributed by atoms with Gasteiger partial charge in [-0.1, -0.05) is 65.0 Å². The van der Waals surface area contributed by atoms with E-state index in [1.54, 1.807) is 12.1 Å². The summed E-state index contributed by atoms with van der Waals surface area (Å²) in [5.41, 5.74) is 5.29. The summed E-state index contributed by atoms with van der Waals surface area (Å²) >= 11 is 0. The summed E-state index contributed by atoms with van der Waals surface area (Å²) in [6, 6.07) is 7.60. The number of sulfone groups is 1. The fraction of sp³-hybridized carbons (Fsp3) is 0.750. The van der Waals surface area contributed by atoms with Crippen LogP contribution in [0.15, 0.2) is 42.5 Å². The van der Waals surface area contributed by atoms with Gasteiger partial charge >= 0.3 is 5.97 Å². The van der Waals surface area contributed by atoms with Crippen molar-refractivity contribution in [2.45, 2.75) is 123 Å². The van der Waals surface area contributed by atoms with Crippen LogP contribution in [0.25, 0.3) is 5.57 Å². The summed E-state index contributed by atoms with van der Waals surface area (Å²) in [5.74, 6) is 2.28. The second kappa shape index (κ2) is 12.8. The van der Waals surface area contributed by atoms with Gasteiger partial charge in [0, 0.05) is 24.9 Å². The van der Waals surface area contributed by atoms with E-state index in [0.29, 0.717) is 35.2 Å². The molecule has 0 unspecified atom stereocenters. The molecule has 0 aromatic heterocycles. The first kappa shape index (κ1) is 37.4. The van der Waals surface area contributed by atoms with Crippen LogP contribution in [0, 0.1) is 51.2 Å². The van der Waals surface area contributed by atoms with Crippen LogP contribution in [0.1, 0.15) is 128 Å². The molecule has 1 aromatic carbocycles. The van der Waals surface area contributed by atoms with E-state index in [2.05, 4.69) is 64.4 Å². The Morgan fingerprint density at radius 3 is 2.22 bits per heavy atom. The number of carbonyl (C=O) groups is 1. The van der Waals surface area contributed by atoms with Gasteiger partial charge in [-0.15, -0.1) is 0 Å². The van der Waals surface area contributed by atoms with Crippen molar-refractivity contribution in [2.24, 2.45) is 51.2 Å². The maximum absolute atomic E-state index is 12.1. The van der Waals surface area contributed by atoms with Crippen molar-refractivity contribution < 1.29 is 18.3 Å². The van der Waals surface area contributed by atoms with Gasteiger partial charge in [0.1, 0.15) is 9.84 Å². The second-order valence-corrected chi connectivity index (χ2v) is 21.9. The number of allylic oxidation sites excluding steroid dienone is 3. The molecular formula is C44H66N2O4S. The number of aromatic carboxylic acids is 1. The van der Waals surface area contributed by atoms with Crippen molar-refractivity contribution in [3.8, 4) is 0 Å². The van der Waals surface area contributed by atoms with Crippen molar-refractivity contribution in [3.63, 3.8) is 0 Å². The lowest BCUT2D eigenvalue weighted by atomic mass is 9.33. The highest BCUT2D eigenvalue weighted by molar-refractivity contribution is 7.91. The number of likely N-dealkylation sites (tertiary alicyclic amines) is 1. The van der Waals surface area contributed by atoms with E-state index >= 15 is 0 Å². The van der Waals surface area contributed by atoms with E-state index in [0.717, 1.165) is 45.4 Å². The Morgan fingerprint density at radius 2 is 1.59 bits per heavy atom. The molecule has 1 aromatic rings. The third-order valence-corrected chi connectivity index (χ3v) is 18.8. The van der Waals surface area contributed by atoms with Crippen LogP contribution in [-0.2, 0) is 9.84 Å². The van der Waals surface area contributed by atoms with E-state index in [9.17, 15) is 18.3 Å². The van der Waals surface area contributed by atoms with Crippen LogP contribution >= 0.6 is 0 Å². The number of nitrogens with one attached hydrogen (secondary N) is 1. The zero-order valence-corrected chi connectivity index (χ0v) is 33.5. The minimum atomic E-state index is -2.95. The lowest BCUT2D eigenvalue weighted by molar-refractivity contribution is -0.219. The molecule has 5 fully saturated rings. The Balaban J connectivity index is 1.12. The Kier molecular flexibility index (Phi) is 9.40. The topological polar surface area (TPSA) is 86.7 Å². The predicted molar refractivity (Wildman–Crippen MR) is 208 cm³/mol. The van der Waals surface area contributed by atoms with E-state index in [1.165, 1.54) is 74.3 Å². The standard InChI is InChI=1S/C44H66N2O4S/c1-29(2)33-15-22-44(45-25-28-46-26-18-32(19-27-46)51(8,49)50)24-23-42(6)35(38(33)44)13-14-37-41(5)20-16-34(30-9-11-31(12-10-30)39(47)48)40(3,4)36(41)17-21-43(37,42)7/h9-12,16,32-33,35-38,45H,1,13-15,17-28H2,2-8H3,(H,47,48)/t33-,35+,36-,37+,38+,41-,42+,43+,44-/m0/s1. The third-order valence-electron chi connectivity index (χ3n) is 17.1. The van der Waals surface area contributed by atoms with Gasteiger partial charge in [0.25, 0.3) is 0 Å². The average molecular weight is 719 g/mol. The molecule has 2 N–H and O–H groups in total. The molecule has 6 nitrogen and oxygen atoms in total. The molecule has 0 amide bonds. The zero-order chi connectivity index (χ0) is 36.8. The number of carboxylic acid groups (broad SMARTS) is 1. The first-order valence-corrected chi connectivity index (χ1v) is 22.2. The molecular weight excluding hydrogens is 653 g/mol. The SMILES string of the molecule is C=C(C)[C@@H]1CC[C@]2(NCCN3CCC(S(C)(=O)=O)CC3)CC[C@]3(C)[C@H](CC[C@@H]4[C@@]5(C)CC=C(c6ccc(C(=O)O)cc6)C(C)(C)[C@@H]5CC[C@]43C)[C@@H]12. The van der Waals surface area contributed by atoms with E-state index in [4.69, 9.17) is 0 Å². The lowest BCUT2D eigenvalue weighted by Gasteiger charge is -2.72. The van der Waals surface area contributed by atoms with Gasteiger partial charge < -0.3 is 15.3 Å². The van der Waals surface area contributed by atoms with Crippen molar-refractivity contribution in [3.05, 3.63) is 53.6 Å². The number of nitrogens with zero attached hydrogens (tertiary/aromatic N) is 1. The molecule has 282 valence electrons. The van der Waals surface area contributed by atoms with Crippen molar-refractivity contribution in [1.82, 2.24) is 10.2 Å². The molecule has 1 saturated heterocycles. The highest BCUT2D eigenvalue weighted by Gasteiger charge is 2.70. The van der Waals surface area contributed by atoms with Crippen molar-refractivity contribution in [2.75, 3.05) is 32.4 Å². The number of hydrogen-bond donors (Lipinski definition) is 2. The molecule has 7 rings (SSSR count). The Bertz CT molecular complexity index is 1670. The van der Waals surface area contributed by atoms with Gasteiger partial charge in [-0.05, 0) is 165 Å². The molecule has 1 heterocycles. The summed E-state index contributed by atoms with van der Waals surface area (Å²) in [7, 11) is -2.95. The maximum atomic E-state index is 12.1. The zero-order valence-electron chi connectivity index (χ0n) is 32.7. The minimum Gasteiger partial charge on any atom is -0.478 e. The number of hydrogen-bond acceptors (Lipinski definition) is 5. The first-order chi connectivity index (χ1) is 23.9. The van der Waals surface area contributed by atoms with Gasteiger partial charge in [-0.2, -0.15) is 0 Å². The molecule has 7 heteroatoms. The highest BCUT2D eigenvalue weighted by Crippen LogP contribution is 2.76. The van der Waals surface area contributed by atoms with Gasteiger partial charge in [0.15, 0.2) is 0 Å². The highest BCUT2D eigenvalue weighted by atomic mass is 32.2. The number of piperidine rings is 1. The van der Waals surface area contributed by atoms with E-state index < -0.39 is 15.8 Å². The number of rotatable bonds is 8. The molecule has 6 aliphatic rings. The number of fused-ring (bicyclic) bond motifs is 7. The molecule has 4 saturated carbocycles. The third kappa shape index (κ3) is 5.84. The smallest absolute Gasteiger partial charge is 0.335 e. The average Bonchev–Trinajstić information content (AvgIpc) is 3.45. The minimum absolute atomic E-state index is 0.0129. The molecule has 0 bridgehead atoms. The maximum Gasteiger partial charge on any atom is 0.335 e. The van der Waals surface area contributed by atoms with Gasteiger partial charge in [-0.25, -0.2) is 13.2 Å². The monoisotopic (exact) mass is 718 g/mol. The molecule has 51 heavy (non-hydrogen) atoms. The largest absolute Gasteiger partial charge is 0.478 e. The summed E-state index contributed by atoms with van der Waals surface area (Å²) in [6.45, 7) is 23.7. The predicted octanol–water partition coefficient (Wildman–Crippen LogP) is 8.89. The molecule has 0 radical (unpaired) electrons. The van der Waals surface area contributed by atoms with Crippen LogP contribution in [0.3, 0.4) is 0 Å². The molecule has 9 atom stereocenters. The Labute approximate surface area is 309 Å². The number of carboxylic acids is 1. The molecule has 1 aliphatic heterocycles. The second-order valence-electron chi connectivity index (χ2n) is 19.6. The van der Waals surface area contributed by atoms with Crippen LogP contribution in [0.5, 0.6) is 0 Å². The normalized spacial score (nSPS) is 41.1. The van der Waals surface area contributed by atoms with Crippen molar-refractivity contribution in [1.29, 1.82) is 0 Å². The molecule has 0 spiro atoms. The van der Waals surface area contributed by atoms with E-state index in [-0.39, 0.29) is 32.4 Å². The Hall–Kier alpha value is -1.96. The summed E-state index contributed by atoms with van der Waals surface area (Å²) in [6.07, 6.45) is 16.7. The van der Waals surface area contributed by atoms with Gasteiger partial charge in [0.05, 0.1) is 10.8 Å². The van der Waals surface area contributed by atoms with Crippen molar-refractivity contribution >= 4 is 21.4 Å². The fourth-order valence-electron chi connectivity index (χ4n) is 14.4. The van der Waals surface area contributed by atoms with Crippen LogP contribution in [-0.4, -0.2) is 67.6 Å².